The fraction of sp³-hybridized carbons (Fsp3) is 0.882. The molecule has 0 aromatic rings. The van der Waals surface area contributed by atoms with E-state index < -0.39 is 18.0 Å². The first-order valence-electron chi connectivity index (χ1n) is 8.79. The molecule has 0 aromatic heterocycles. The van der Waals surface area contributed by atoms with Crippen molar-refractivity contribution in [2.75, 3.05) is 26.3 Å². The molecule has 2 unspecified atom stereocenters. The van der Waals surface area contributed by atoms with Gasteiger partial charge in [0.05, 0.1) is 12.0 Å². The van der Waals surface area contributed by atoms with E-state index in [1.165, 1.54) is 0 Å². The summed E-state index contributed by atoms with van der Waals surface area (Å²) in [6, 6.07) is 0. The summed E-state index contributed by atoms with van der Waals surface area (Å²) in [7, 11) is 0. The molecule has 0 spiro atoms. The van der Waals surface area contributed by atoms with Gasteiger partial charge < -0.3 is 19.5 Å². The highest BCUT2D eigenvalue weighted by Gasteiger charge is 2.41. The van der Waals surface area contributed by atoms with Crippen LogP contribution in [0.1, 0.15) is 46.0 Å². The predicted molar refractivity (Wildman–Crippen MR) is 85.1 cm³/mol. The Balaban J connectivity index is 1.79. The van der Waals surface area contributed by atoms with Crippen LogP contribution in [0.25, 0.3) is 0 Å². The second-order valence-electron chi connectivity index (χ2n) is 6.60. The Hall–Kier alpha value is -1.14. The van der Waals surface area contributed by atoms with Gasteiger partial charge >= 0.3 is 5.97 Å². The Kier molecular flexibility index (Phi) is 6.84. The van der Waals surface area contributed by atoms with Gasteiger partial charge in [-0.05, 0) is 38.5 Å². The van der Waals surface area contributed by atoms with Crippen LogP contribution < -0.4 is 0 Å². The highest BCUT2D eigenvalue weighted by atomic mass is 16.5. The third-order valence-corrected chi connectivity index (χ3v) is 4.98. The minimum Gasteiger partial charge on any atom is -0.481 e. The molecule has 2 rings (SSSR count). The number of hydrogen-bond donors (Lipinski definition) is 1. The zero-order valence-electron chi connectivity index (χ0n) is 14.2. The van der Waals surface area contributed by atoms with Crippen LogP contribution in [0.4, 0.5) is 0 Å². The largest absolute Gasteiger partial charge is 0.481 e. The molecule has 1 N–H and O–H groups in total. The average molecular weight is 327 g/mol. The van der Waals surface area contributed by atoms with Crippen molar-refractivity contribution in [1.29, 1.82) is 0 Å². The molecule has 2 aliphatic rings. The van der Waals surface area contributed by atoms with Crippen molar-refractivity contribution in [3.05, 3.63) is 0 Å². The first-order chi connectivity index (χ1) is 11.0. The van der Waals surface area contributed by atoms with E-state index in [0.29, 0.717) is 32.7 Å². The van der Waals surface area contributed by atoms with Gasteiger partial charge in [0.15, 0.2) is 0 Å². The molecule has 23 heavy (non-hydrogen) atoms. The molecule has 0 aliphatic carbocycles. The van der Waals surface area contributed by atoms with Gasteiger partial charge in [0, 0.05) is 26.3 Å². The quantitative estimate of drug-likeness (QED) is 0.723. The zero-order chi connectivity index (χ0) is 16.8. The smallest absolute Gasteiger partial charge is 0.309 e. The monoisotopic (exact) mass is 327 g/mol. The standard InChI is InChI=1S/C17H29NO5/c1-3-4-10-22-12(2)16(19)18-8-5-13(6-9-18)15-14(17(20)21)7-11-23-15/h12-15H,3-11H2,1-2H3,(H,20,21)/t12?,14?,15-/m0/s1. The van der Waals surface area contributed by atoms with E-state index in [0.717, 1.165) is 25.7 Å². The molecular weight excluding hydrogens is 298 g/mol. The fourth-order valence-corrected chi connectivity index (χ4v) is 3.52. The Morgan fingerprint density at radius 2 is 2.00 bits per heavy atom. The normalized spacial score (nSPS) is 27.1. The molecule has 2 saturated heterocycles. The van der Waals surface area contributed by atoms with Crippen LogP contribution in [0.2, 0.25) is 0 Å². The number of likely N-dealkylation sites (tertiary alicyclic amines) is 1. The number of aliphatic carboxylic acids is 1. The average Bonchev–Trinajstić information content (AvgIpc) is 3.04. The van der Waals surface area contributed by atoms with Gasteiger partial charge in [0.2, 0.25) is 0 Å². The molecule has 0 radical (unpaired) electrons. The van der Waals surface area contributed by atoms with Gasteiger partial charge in [-0.1, -0.05) is 13.3 Å². The van der Waals surface area contributed by atoms with Gasteiger partial charge in [0.1, 0.15) is 6.10 Å². The van der Waals surface area contributed by atoms with Crippen molar-refractivity contribution < 1.29 is 24.2 Å². The SMILES string of the molecule is CCCCOC(C)C(=O)N1CCC([C@@H]2OCCC2C(=O)O)CC1. The highest BCUT2D eigenvalue weighted by molar-refractivity contribution is 5.80. The Morgan fingerprint density at radius 1 is 1.30 bits per heavy atom. The highest BCUT2D eigenvalue weighted by Crippen LogP contribution is 2.33. The summed E-state index contributed by atoms with van der Waals surface area (Å²) in [6.07, 6.45) is 3.65. The van der Waals surface area contributed by atoms with Crippen molar-refractivity contribution in [2.24, 2.45) is 11.8 Å². The zero-order valence-corrected chi connectivity index (χ0v) is 14.2. The molecule has 2 heterocycles. The summed E-state index contributed by atoms with van der Waals surface area (Å²) in [6.45, 7) is 6.38. The van der Waals surface area contributed by atoms with Gasteiger partial charge in [-0.2, -0.15) is 0 Å². The van der Waals surface area contributed by atoms with Gasteiger partial charge in [-0.3, -0.25) is 9.59 Å². The lowest BCUT2D eigenvalue weighted by atomic mass is 9.84. The summed E-state index contributed by atoms with van der Waals surface area (Å²) in [4.78, 5) is 25.5. The number of rotatable bonds is 7. The molecule has 2 fully saturated rings. The third-order valence-electron chi connectivity index (χ3n) is 4.98. The third kappa shape index (κ3) is 4.67. The summed E-state index contributed by atoms with van der Waals surface area (Å²) in [5, 5.41) is 9.27. The first-order valence-corrected chi connectivity index (χ1v) is 8.79. The maximum atomic E-state index is 12.4. The van der Waals surface area contributed by atoms with Crippen molar-refractivity contribution >= 4 is 11.9 Å². The molecule has 2 aliphatic heterocycles. The van der Waals surface area contributed by atoms with Crippen LogP contribution in [-0.2, 0) is 19.1 Å². The first kappa shape index (κ1) is 18.2. The van der Waals surface area contributed by atoms with Gasteiger partial charge in [-0.15, -0.1) is 0 Å². The number of carbonyl (C=O) groups is 2. The number of carbonyl (C=O) groups excluding carboxylic acids is 1. The van der Waals surface area contributed by atoms with Gasteiger partial charge in [0.25, 0.3) is 5.91 Å². The number of unbranched alkanes of at least 4 members (excludes halogenated alkanes) is 1. The van der Waals surface area contributed by atoms with Crippen molar-refractivity contribution in [2.45, 2.75) is 58.2 Å². The van der Waals surface area contributed by atoms with E-state index in [2.05, 4.69) is 6.92 Å². The van der Waals surface area contributed by atoms with Crippen LogP contribution in [0, 0.1) is 11.8 Å². The molecule has 3 atom stereocenters. The molecule has 1 amide bonds. The number of carboxylic acids is 1. The molecular formula is C17H29NO5. The maximum absolute atomic E-state index is 12.4. The summed E-state index contributed by atoms with van der Waals surface area (Å²) in [5.41, 5.74) is 0. The molecule has 0 saturated carbocycles. The second-order valence-corrected chi connectivity index (χ2v) is 6.60. The second kappa shape index (κ2) is 8.64. The van der Waals surface area contributed by atoms with E-state index in [1.54, 1.807) is 0 Å². The Labute approximate surface area is 138 Å². The van der Waals surface area contributed by atoms with Crippen LogP contribution >= 0.6 is 0 Å². The molecule has 0 aromatic carbocycles. The van der Waals surface area contributed by atoms with Crippen molar-refractivity contribution in [3.63, 3.8) is 0 Å². The molecule has 0 bridgehead atoms. The minimum atomic E-state index is -0.760. The van der Waals surface area contributed by atoms with Crippen LogP contribution in [-0.4, -0.2) is 60.4 Å². The Bertz CT molecular complexity index is 406. The lowest BCUT2D eigenvalue weighted by Gasteiger charge is -2.36. The summed E-state index contributed by atoms with van der Waals surface area (Å²) < 4.78 is 11.2. The number of nitrogens with zero attached hydrogens (tertiary/aromatic N) is 1. The van der Waals surface area contributed by atoms with Crippen LogP contribution in [0.5, 0.6) is 0 Å². The summed E-state index contributed by atoms with van der Waals surface area (Å²) >= 11 is 0. The molecule has 6 heteroatoms. The number of piperidine rings is 1. The van der Waals surface area contributed by atoms with E-state index in [4.69, 9.17) is 9.47 Å². The predicted octanol–water partition coefficient (Wildman–Crippen LogP) is 1.92. The summed E-state index contributed by atoms with van der Waals surface area (Å²) in [5.74, 6) is -0.872. The Morgan fingerprint density at radius 3 is 2.61 bits per heavy atom. The fourth-order valence-electron chi connectivity index (χ4n) is 3.52. The van der Waals surface area contributed by atoms with E-state index >= 15 is 0 Å². The molecule has 132 valence electrons. The topological polar surface area (TPSA) is 76.1 Å². The maximum Gasteiger partial charge on any atom is 0.309 e. The van der Waals surface area contributed by atoms with E-state index in [-0.39, 0.29) is 17.9 Å². The van der Waals surface area contributed by atoms with Crippen LogP contribution in [0.15, 0.2) is 0 Å². The lowest BCUT2D eigenvalue weighted by molar-refractivity contribution is -0.148. The lowest BCUT2D eigenvalue weighted by Crippen LogP contribution is -2.46. The number of ether oxygens (including phenoxy) is 2. The number of carboxylic acid groups (broad SMARTS) is 1. The minimum absolute atomic E-state index is 0.0432. The van der Waals surface area contributed by atoms with E-state index in [1.807, 2.05) is 11.8 Å². The van der Waals surface area contributed by atoms with E-state index in [9.17, 15) is 14.7 Å². The molecule has 6 nitrogen and oxygen atoms in total. The van der Waals surface area contributed by atoms with Gasteiger partial charge in [-0.25, -0.2) is 0 Å². The van der Waals surface area contributed by atoms with Crippen molar-refractivity contribution in [1.82, 2.24) is 4.90 Å². The van der Waals surface area contributed by atoms with Crippen molar-refractivity contribution in [3.8, 4) is 0 Å². The van der Waals surface area contributed by atoms with Crippen LogP contribution in [0.3, 0.4) is 0 Å². The number of hydrogen-bond acceptors (Lipinski definition) is 4. The number of amides is 1.